The van der Waals surface area contributed by atoms with Gasteiger partial charge in [-0.05, 0) is 58.8 Å². The molecule has 3 rings (SSSR count). The van der Waals surface area contributed by atoms with Gasteiger partial charge in [-0.25, -0.2) is 0 Å². The second kappa shape index (κ2) is 8.95. The smallest absolute Gasteiger partial charge is 0.227 e. The van der Waals surface area contributed by atoms with E-state index in [1.54, 1.807) is 4.90 Å². The maximum atomic E-state index is 12.8. The molecule has 2 fully saturated rings. The van der Waals surface area contributed by atoms with Crippen LogP contribution in [0.15, 0.2) is 24.3 Å². The molecule has 2 aliphatic rings. The van der Waals surface area contributed by atoms with E-state index >= 15 is 0 Å². The number of likely N-dealkylation sites (tertiary alicyclic amines) is 1. The molecule has 0 bridgehead atoms. The van der Waals surface area contributed by atoms with E-state index in [2.05, 4.69) is 24.1 Å². The third-order valence-electron chi connectivity index (χ3n) is 5.86. The highest BCUT2D eigenvalue weighted by molar-refractivity contribution is 6.01. The Labute approximate surface area is 168 Å². The molecule has 0 aliphatic carbocycles. The molecule has 2 amide bonds. The van der Waals surface area contributed by atoms with Crippen LogP contribution in [0.25, 0.3) is 0 Å². The number of benzene rings is 1. The van der Waals surface area contributed by atoms with Gasteiger partial charge >= 0.3 is 0 Å². The number of nitrogens with zero attached hydrogens (tertiary/aromatic N) is 2. The van der Waals surface area contributed by atoms with Crippen LogP contribution in [-0.2, 0) is 9.59 Å². The average molecular weight is 388 g/mol. The van der Waals surface area contributed by atoms with Crippen LogP contribution in [-0.4, -0.2) is 55.0 Å². The fourth-order valence-electron chi connectivity index (χ4n) is 4.13. The van der Waals surface area contributed by atoms with Crippen molar-refractivity contribution in [2.75, 3.05) is 37.7 Å². The molecule has 1 aromatic rings. The van der Waals surface area contributed by atoms with Gasteiger partial charge in [0.1, 0.15) is 5.75 Å². The van der Waals surface area contributed by atoms with Crippen LogP contribution in [0.2, 0.25) is 0 Å². The summed E-state index contributed by atoms with van der Waals surface area (Å²) in [5.41, 5.74) is 0.679. The topological polar surface area (TPSA) is 61.9 Å². The van der Waals surface area contributed by atoms with Crippen LogP contribution in [0.5, 0.6) is 5.75 Å². The molecule has 2 aliphatic heterocycles. The first-order valence-electron chi connectivity index (χ1n) is 10.5. The van der Waals surface area contributed by atoms with Crippen molar-refractivity contribution in [1.82, 2.24) is 10.2 Å². The number of rotatable bonds is 7. The van der Waals surface area contributed by atoms with Gasteiger partial charge in [0.25, 0.3) is 0 Å². The van der Waals surface area contributed by atoms with Crippen LogP contribution < -0.4 is 15.0 Å². The van der Waals surface area contributed by atoms with Gasteiger partial charge in [-0.3, -0.25) is 14.5 Å². The van der Waals surface area contributed by atoms with Crippen LogP contribution in [0, 0.1) is 5.92 Å². The molecular formula is C22H33N3O3. The van der Waals surface area contributed by atoms with Crippen LogP contribution in [0.4, 0.5) is 5.69 Å². The molecule has 0 radical (unpaired) electrons. The Balaban J connectivity index is 1.59. The van der Waals surface area contributed by atoms with Crippen molar-refractivity contribution >= 4 is 17.5 Å². The van der Waals surface area contributed by atoms with E-state index in [1.165, 1.54) is 19.3 Å². The highest BCUT2D eigenvalue weighted by Gasteiger charge is 2.37. The molecule has 0 saturated carbocycles. The van der Waals surface area contributed by atoms with Gasteiger partial charge < -0.3 is 15.0 Å². The minimum absolute atomic E-state index is 0.0254. The van der Waals surface area contributed by atoms with Crippen molar-refractivity contribution < 1.29 is 14.3 Å². The van der Waals surface area contributed by atoms with Crippen molar-refractivity contribution in [2.45, 2.75) is 52.0 Å². The average Bonchev–Trinajstić information content (AvgIpc) is 3.09. The third-order valence-corrected chi connectivity index (χ3v) is 5.86. The SMILES string of the molecule is CCOc1ccccc1N1CC(C(=O)NCC(C)(C)N2CCCCC2)CC1=O. The first-order chi connectivity index (χ1) is 13.4. The van der Waals surface area contributed by atoms with E-state index in [4.69, 9.17) is 4.74 Å². The molecule has 154 valence electrons. The molecule has 1 N–H and O–H groups in total. The molecule has 1 atom stereocenters. The number of carbonyl (C=O) groups excluding carboxylic acids is 2. The lowest BCUT2D eigenvalue weighted by Crippen LogP contribution is -2.54. The number of piperidine rings is 1. The summed E-state index contributed by atoms with van der Waals surface area (Å²) in [6.07, 6.45) is 3.99. The number of ether oxygens (including phenoxy) is 1. The fourth-order valence-corrected chi connectivity index (χ4v) is 4.13. The third kappa shape index (κ3) is 4.66. The maximum absolute atomic E-state index is 12.8. The van der Waals surface area contributed by atoms with Crippen LogP contribution in [0.3, 0.4) is 0 Å². The molecule has 6 heteroatoms. The second-order valence-electron chi connectivity index (χ2n) is 8.38. The van der Waals surface area contributed by atoms with E-state index in [0.29, 0.717) is 25.4 Å². The normalized spacial score (nSPS) is 21.0. The summed E-state index contributed by atoms with van der Waals surface area (Å²) in [7, 11) is 0. The maximum Gasteiger partial charge on any atom is 0.227 e. The molecule has 0 spiro atoms. The van der Waals surface area contributed by atoms with E-state index in [-0.39, 0.29) is 29.7 Å². The lowest BCUT2D eigenvalue weighted by Gasteiger charge is -2.41. The number of para-hydroxylation sites is 2. The number of hydrogen-bond donors (Lipinski definition) is 1. The summed E-state index contributed by atoms with van der Waals surface area (Å²) in [5.74, 6) is 0.308. The molecular weight excluding hydrogens is 354 g/mol. The fraction of sp³-hybridized carbons (Fsp3) is 0.636. The van der Waals surface area contributed by atoms with Gasteiger partial charge in [-0.2, -0.15) is 0 Å². The van der Waals surface area contributed by atoms with Crippen LogP contribution in [0.1, 0.15) is 46.5 Å². The summed E-state index contributed by atoms with van der Waals surface area (Å²) in [5, 5.41) is 3.10. The Morgan fingerprint density at radius 2 is 1.93 bits per heavy atom. The minimum Gasteiger partial charge on any atom is -0.492 e. The Kier molecular flexibility index (Phi) is 6.60. The van der Waals surface area contributed by atoms with E-state index in [0.717, 1.165) is 18.8 Å². The van der Waals surface area contributed by atoms with Gasteiger partial charge in [0, 0.05) is 25.0 Å². The van der Waals surface area contributed by atoms with E-state index < -0.39 is 0 Å². The summed E-state index contributed by atoms with van der Waals surface area (Å²) in [6, 6.07) is 7.52. The standard InChI is InChI=1S/C22H33N3O3/c1-4-28-19-11-7-6-10-18(19)25-15-17(14-20(25)26)21(27)23-16-22(2,3)24-12-8-5-9-13-24/h6-7,10-11,17H,4-5,8-9,12-16H2,1-3H3,(H,23,27). The summed E-state index contributed by atoms with van der Waals surface area (Å²) in [6.45, 7) is 10.0. The molecule has 0 aromatic heterocycles. The molecule has 1 aromatic carbocycles. The number of amides is 2. The van der Waals surface area contributed by atoms with Gasteiger partial charge in [-0.1, -0.05) is 18.6 Å². The molecule has 2 saturated heterocycles. The summed E-state index contributed by atoms with van der Waals surface area (Å²) >= 11 is 0. The quantitative estimate of drug-likeness (QED) is 0.782. The van der Waals surface area contributed by atoms with Crippen LogP contribution >= 0.6 is 0 Å². The molecule has 6 nitrogen and oxygen atoms in total. The predicted octanol–water partition coefficient (Wildman–Crippen LogP) is 2.82. The number of hydrogen-bond acceptors (Lipinski definition) is 4. The van der Waals surface area contributed by atoms with Crippen molar-refractivity contribution in [3.63, 3.8) is 0 Å². The van der Waals surface area contributed by atoms with Crippen molar-refractivity contribution in [3.05, 3.63) is 24.3 Å². The monoisotopic (exact) mass is 387 g/mol. The zero-order valence-electron chi connectivity index (χ0n) is 17.4. The molecule has 1 unspecified atom stereocenters. The van der Waals surface area contributed by atoms with Crippen molar-refractivity contribution in [3.8, 4) is 5.75 Å². The second-order valence-corrected chi connectivity index (χ2v) is 8.38. The minimum atomic E-state index is -0.320. The number of nitrogens with one attached hydrogen (secondary N) is 1. The molecule has 28 heavy (non-hydrogen) atoms. The van der Waals surface area contributed by atoms with E-state index in [9.17, 15) is 9.59 Å². The van der Waals surface area contributed by atoms with Gasteiger partial charge in [0.2, 0.25) is 11.8 Å². The Bertz CT molecular complexity index is 698. The summed E-state index contributed by atoms with van der Waals surface area (Å²) in [4.78, 5) is 29.5. The van der Waals surface area contributed by atoms with E-state index in [1.807, 2.05) is 31.2 Å². The van der Waals surface area contributed by atoms with Gasteiger partial charge in [0.05, 0.1) is 18.2 Å². The highest BCUT2D eigenvalue weighted by atomic mass is 16.5. The van der Waals surface area contributed by atoms with Gasteiger partial charge in [-0.15, -0.1) is 0 Å². The highest BCUT2D eigenvalue weighted by Crippen LogP contribution is 2.33. The Hall–Kier alpha value is -2.08. The first kappa shape index (κ1) is 20.6. The zero-order valence-corrected chi connectivity index (χ0v) is 17.4. The number of carbonyl (C=O) groups is 2. The molecule has 2 heterocycles. The lowest BCUT2D eigenvalue weighted by molar-refractivity contribution is -0.126. The largest absolute Gasteiger partial charge is 0.492 e. The zero-order chi connectivity index (χ0) is 20.1. The van der Waals surface area contributed by atoms with Crippen molar-refractivity contribution in [2.24, 2.45) is 5.92 Å². The Morgan fingerprint density at radius 3 is 2.64 bits per heavy atom. The summed E-state index contributed by atoms with van der Waals surface area (Å²) < 4.78 is 5.65. The lowest BCUT2D eigenvalue weighted by atomic mass is 9.98. The Morgan fingerprint density at radius 1 is 1.21 bits per heavy atom. The number of anilines is 1. The predicted molar refractivity (Wildman–Crippen MR) is 111 cm³/mol. The van der Waals surface area contributed by atoms with Gasteiger partial charge in [0.15, 0.2) is 0 Å². The first-order valence-corrected chi connectivity index (χ1v) is 10.5. The van der Waals surface area contributed by atoms with Crippen molar-refractivity contribution in [1.29, 1.82) is 0 Å².